The molecular formula is C12H11NS. The molecule has 0 spiro atoms. The van der Waals surface area contributed by atoms with Crippen LogP contribution in [-0.4, -0.2) is 11.1 Å². The molecule has 14 heavy (non-hydrogen) atoms. The smallest absolute Gasteiger partial charge is 0.0856 e. The molecule has 1 aliphatic heterocycles. The van der Waals surface area contributed by atoms with Crippen molar-refractivity contribution >= 4 is 22.9 Å². The highest BCUT2D eigenvalue weighted by atomic mass is 32.2. The van der Waals surface area contributed by atoms with Gasteiger partial charge in [0.2, 0.25) is 0 Å². The van der Waals surface area contributed by atoms with Crippen LogP contribution in [0.4, 0.5) is 0 Å². The van der Waals surface area contributed by atoms with Gasteiger partial charge in [-0.2, -0.15) is 0 Å². The first-order chi connectivity index (χ1) is 6.84. The molecule has 0 saturated carbocycles. The Hall–Kier alpha value is -1.02. The molecule has 0 bridgehead atoms. The van der Waals surface area contributed by atoms with Gasteiger partial charge in [-0.15, -0.1) is 11.8 Å². The third-order valence-electron chi connectivity index (χ3n) is 2.71. The van der Waals surface area contributed by atoms with Crippen LogP contribution in [0, 0.1) is 0 Å². The topological polar surface area (TPSA) is 12.4 Å². The van der Waals surface area contributed by atoms with E-state index in [1.54, 1.807) is 0 Å². The van der Waals surface area contributed by atoms with Crippen LogP contribution >= 0.6 is 11.8 Å². The van der Waals surface area contributed by atoms with E-state index >= 15 is 0 Å². The van der Waals surface area contributed by atoms with Crippen LogP contribution < -0.4 is 0 Å². The number of benzene rings is 1. The first-order valence-corrected chi connectivity index (χ1v) is 5.71. The lowest BCUT2D eigenvalue weighted by molar-refractivity contribution is 0.803. The molecule has 0 saturated heterocycles. The molecule has 0 fully saturated rings. The third kappa shape index (κ3) is 1.14. The predicted molar refractivity (Wildman–Crippen MR) is 62.7 cm³/mol. The van der Waals surface area contributed by atoms with E-state index in [0.717, 1.165) is 0 Å². The quantitative estimate of drug-likeness (QED) is 0.627. The van der Waals surface area contributed by atoms with Crippen LogP contribution in [0.25, 0.3) is 6.08 Å². The van der Waals surface area contributed by atoms with Gasteiger partial charge in [-0.25, -0.2) is 0 Å². The van der Waals surface area contributed by atoms with Crippen molar-refractivity contribution in [3.05, 3.63) is 41.5 Å². The number of hydrogen-bond donors (Lipinski definition) is 0. The Bertz CT molecular complexity index is 434. The summed E-state index contributed by atoms with van der Waals surface area (Å²) in [6, 6.07) is 8.98. The molecule has 0 aromatic heterocycles. The van der Waals surface area contributed by atoms with Crippen molar-refractivity contribution < 1.29 is 0 Å². The van der Waals surface area contributed by atoms with E-state index in [1.165, 1.54) is 16.2 Å². The van der Waals surface area contributed by atoms with Crippen molar-refractivity contribution in [2.45, 2.75) is 18.2 Å². The second-order valence-corrected chi connectivity index (χ2v) is 5.00. The zero-order chi connectivity index (χ0) is 9.54. The highest BCUT2D eigenvalue weighted by Gasteiger charge is 2.31. The molecule has 0 radical (unpaired) electrons. The molecule has 2 unspecified atom stereocenters. The molecule has 3 rings (SSSR count). The van der Waals surface area contributed by atoms with Crippen LogP contribution in [0.15, 0.2) is 35.3 Å². The highest BCUT2D eigenvalue weighted by Crippen LogP contribution is 2.44. The summed E-state index contributed by atoms with van der Waals surface area (Å²) in [6.07, 6.45) is 4.41. The van der Waals surface area contributed by atoms with Crippen molar-refractivity contribution in [3.8, 4) is 0 Å². The summed E-state index contributed by atoms with van der Waals surface area (Å²) in [5.41, 5.74) is 2.79. The Balaban J connectivity index is 2.10. The number of rotatable bonds is 0. The number of thioether (sulfide) groups is 1. The number of nitrogens with zero attached hydrogens (tertiary/aromatic N) is 1. The molecular weight excluding hydrogens is 190 g/mol. The minimum Gasteiger partial charge on any atom is -0.274 e. The molecule has 1 heterocycles. The SMILES string of the molecule is CC1=NC2C=Cc3ccccc3C2S1. The minimum absolute atomic E-state index is 0.370. The Morgan fingerprint density at radius 3 is 3.07 bits per heavy atom. The number of fused-ring (bicyclic) bond motifs is 3. The van der Waals surface area contributed by atoms with E-state index in [0.29, 0.717) is 11.3 Å². The Labute approximate surface area is 87.9 Å². The lowest BCUT2D eigenvalue weighted by Gasteiger charge is -2.21. The standard InChI is InChI=1S/C12H11NS/c1-8-13-11-7-6-9-4-2-3-5-10(9)12(11)14-8/h2-7,11-12H,1H3. The predicted octanol–water partition coefficient (Wildman–Crippen LogP) is 3.29. The van der Waals surface area contributed by atoms with Crippen LogP contribution in [0.1, 0.15) is 23.3 Å². The average molecular weight is 201 g/mol. The number of aliphatic imine (C=N–C) groups is 1. The Kier molecular flexibility index (Phi) is 1.77. The number of hydrogen-bond acceptors (Lipinski definition) is 2. The molecule has 2 aliphatic rings. The van der Waals surface area contributed by atoms with E-state index in [4.69, 9.17) is 0 Å². The van der Waals surface area contributed by atoms with Crippen molar-refractivity contribution in [1.82, 2.24) is 0 Å². The zero-order valence-electron chi connectivity index (χ0n) is 7.97. The molecule has 1 aliphatic carbocycles. The van der Waals surface area contributed by atoms with Crippen molar-refractivity contribution in [2.24, 2.45) is 4.99 Å². The van der Waals surface area contributed by atoms with Gasteiger partial charge in [0.15, 0.2) is 0 Å². The van der Waals surface area contributed by atoms with Crippen LogP contribution in [0.3, 0.4) is 0 Å². The molecule has 1 aromatic rings. The van der Waals surface area contributed by atoms with E-state index in [9.17, 15) is 0 Å². The fourth-order valence-electron chi connectivity index (χ4n) is 2.08. The highest BCUT2D eigenvalue weighted by molar-refractivity contribution is 8.14. The van der Waals surface area contributed by atoms with Crippen molar-refractivity contribution in [3.63, 3.8) is 0 Å². The van der Waals surface area contributed by atoms with Gasteiger partial charge in [-0.05, 0) is 18.1 Å². The van der Waals surface area contributed by atoms with Gasteiger partial charge in [0.25, 0.3) is 0 Å². The second-order valence-electron chi connectivity index (χ2n) is 3.67. The van der Waals surface area contributed by atoms with Gasteiger partial charge in [0.1, 0.15) is 0 Å². The maximum Gasteiger partial charge on any atom is 0.0856 e. The molecule has 0 N–H and O–H groups in total. The summed E-state index contributed by atoms with van der Waals surface area (Å²) in [7, 11) is 0. The molecule has 1 aromatic carbocycles. The Morgan fingerprint density at radius 1 is 1.29 bits per heavy atom. The summed E-state index contributed by atoms with van der Waals surface area (Å²) in [5.74, 6) is 0. The lowest BCUT2D eigenvalue weighted by Crippen LogP contribution is -2.11. The van der Waals surface area contributed by atoms with Gasteiger partial charge >= 0.3 is 0 Å². The summed E-state index contributed by atoms with van der Waals surface area (Å²) in [6.45, 7) is 2.10. The summed E-state index contributed by atoms with van der Waals surface area (Å²) < 4.78 is 0. The van der Waals surface area contributed by atoms with Gasteiger partial charge < -0.3 is 0 Å². The van der Waals surface area contributed by atoms with E-state index in [1.807, 2.05) is 11.8 Å². The molecule has 2 heteroatoms. The first-order valence-electron chi connectivity index (χ1n) is 4.83. The Morgan fingerprint density at radius 2 is 2.14 bits per heavy atom. The van der Waals surface area contributed by atoms with E-state index in [2.05, 4.69) is 48.3 Å². The maximum absolute atomic E-state index is 4.60. The van der Waals surface area contributed by atoms with Gasteiger partial charge in [-0.3, -0.25) is 4.99 Å². The lowest BCUT2D eigenvalue weighted by atomic mass is 9.94. The van der Waals surface area contributed by atoms with Crippen LogP contribution in [0.5, 0.6) is 0 Å². The minimum atomic E-state index is 0.370. The summed E-state index contributed by atoms with van der Waals surface area (Å²) >= 11 is 1.89. The third-order valence-corrected chi connectivity index (χ3v) is 3.95. The van der Waals surface area contributed by atoms with Crippen molar-refractivity contribution in [1.29, 1.82) is 0 Å². The summed E-state index contributed by atoms with van der Waals surface area (Å²) in [4.78, 5) is 4.60. The fourth-order valence-corrected chi connectivity index (χ4v) is 3.26. The van der Waals surface area contributed by atoms with Crippen LogP contribution in [0.2, 0.25) is 0 Å². The van der Waals surface area contributed by atoms with Gasteiger partial charge in [0.05, 0.1) is 16.3 Å². The molecule has 70 valence electrons. The van der Waals surface area contributed by atoms with Crippen LogP contribution in [-0.2, 0) is 0 Å². The van der Waals surface area contributed by atoms with Gasteiger partial charge in [-0.1, -0.05) is 36.4 Å². The molecule has 1 nitrogen and oxygen atoms in total. The van der Waals surface area contributed by atoms with Gasteiger partial charge in [0, 0.05) is 0 Å². The van der Waals surface area contributed by atoms with E-state index < -0.39 is 0 Å². The molecule has 0 amide bonds. The largest absolute Gasteiger partial charge is 0.274 e. The zero-order valence-corrected chi connectivity index (χ0v) is 8.79. The van der Waals surface area contributed by atoms with Crippen molar-refractivity contribution in [2.75, 3.05) is 0 Å². The average Bonchev–Trinajstić information content (AvgIpc) is 2.59. The maximum atomic E-state index is 4.60. The molecule has 2 atom stereocenters. The second kappa shape index (κ2) is 2.99. The fraction of sp³-hybridized carbons (Fsp3) is 0.250. The summed E-state index contributed by atoms with van der Waals surface area (Å²) in [5, 5.41) is 1.73. The monoisotopic (exact) mass is 201 g/mol. The van der Waals surface area contributed by atoms with E-state index in [-0.39, 0.29) is 0 Å². The first kappa shape index (κ1) is 8.30. The normalized spacial score (nSPS) is 28.2.